The summed E-state index contributed by atoms with van der Waals surface area (Å²) in [5.41, 5.74) is -2.21. The Balaban J connectivity index is 1.39. The topological polar surface area (TPSA) is 76.7 Å². The molecule has 0 radical (unpaired) electrons. The zero-order chi connectivity index (χ0) is 26.6. The van der Waals surface area contributed by atoms with Crippen molar-refractivity contribution in [3.8, 4) is 0 Å². The molecule has 3 aliphatic carbocycles. The van der Waals surface area contributed by atoms with Gasteiger partial charge in [-0.3, -0.25) is 9.59 Å². The first kappa shape index (κ1) is 26.9. The summed E-state index contributed by atoms with van der Waals surface area (Å²) in [5, 5.41) is 5.06. The largest absolute Gasteiger partial charge is 0.481 e. The lowest BCUT2D eigenvalue weighted by Gasteiger charge is -2.64. The number of rotatable bonds is 7. The number of amides is 2. The highest BCUT2D eigenvalue weighted by atomic mass is 19.4. The fourth-order valence-electron chi connectivity index (χ4n) is 6.21. The normalized spacial score (nSPS) is 29.4. The third kappa shape index (κ3) is 4.88. The van der Waals surface area contributed by atoms with Gasteiger partial charge in [-0.25, -0.2) is 4.39 Å². The van der Waals surface area contributed by atoms with E-state index < -0.39 is 60.1 Å². The van der Waals surface area contributed by atoms with Gasteiger partial charge in [0.1, 0.15) is 5.82 Å². The van der Waals surface area contributed by atoms with Crippen LogP contribution in [0.5, 0.6) is 0 Å². The Morgan fingerprint density at radius 2 is 1.89 bits per heavy atom. The average molecular weight is 512 g/mol. The monoisotopic (exact) mass is 512 g/mol. The number of carbonyl (C=O) groups is 2. The van der Waals surface area contributed by atoms with Crippen molar-refractivity contribution in [2.75, 3.05) is 6.54 Å². The summed E-state index contributed by atoms with van der Waals surface area (Å²) >= 11 is 0. The van der Waals surface area contributed by atoms with Crippen molar-refractivity contribution in [2.45, 2.75) is 77.7 Å². The first-order valence-electron chi connectivity index (χ1n) is 12.4. The predicted octanol–water partition coefficient (Wildman–Crippen LogP) is 4.37. The van der Waals surface area contributed by atoms with Crippen molar-refractivity contribution >= 4 is 18.9 Å². The second-order valence-corrected chi connectivity index (χ2v) is 11.5. The van der Waals surface area contributed by atoms with E-state index in [0.29, 0.717) is 36.5 Å². The Labute approximate surface area is 209 Å². The molecular formula is C25H33BF4N2O4. The predicted molar refractivity (Wildman–Crippen MR) is 125 cm³/mol. The Hall–Kier alpha value is -2.14. The molecule has 198 valence electrons. The van der Waals surface area contributed by atoms with Crippen LogP contribution in [0, 0.1) is 29.0 Å². The highest BCUT2D eigenvalue weighted by Crippen LogP contribution is 2.65. The number of nitrogens with one attached hydrogen (secondary N) is 2. The minimum atomic E-state index is -4.73. The van der Waals surface area contributed by atoms with E-state index in [-0.39, 0.29) is 17.4 Å². The van der Waals surface area contributed by atoms with E-state index in [0.717, 1.165) is 12.8 Å². The van der Waals surface area contributed by atoms with E-state index in [1.54, 1.807) is 0 Å². The molecule has 3 saturated carbocycles. The Bertz CT molecular complexity index is 1030. The molecule has 1 aliphatic heterocycles. The molecule has 1 aromatic carbocycles. The zero-order valence-corrected chi connectivity index (χ0v) is 21.2. The van der Waals surface area contributed by atoms with Crippen LogP contribution in [0.2, 0.25) is 0 Å². The number of benzene rings is 1. The maximum Gasteiger partial charge on any atom is 0.481 e. The van der Waals surface area contributed by atoms with Crippen molar-refractivity contribution < 1.29 is 36.5 Å². The van der Waals surface area contributed by atoms with Gasteiger partial charge in [0.2, 0.25) is 5.91 Å². The van der Waals surface area contributed by atoms with Crippen LogP contribution in [-0.4, -0.2) is 43.1 Å². The quantitative estimate of drug-likeness (QED) is 0.420. The number of hydrogen-bond donors (Lipinski definition) is 2. The summed E-state index contributed by atoms with van der Waals surface area (Å²) < 4.78 is 65.6. The van der Waals surface area contributed by atoms with Crippen LogP contribution >= 0.6 is 0 Å². The lowest BCUT2D eigenvalue weighted by Crippen LogP contribution is -2.65. The summed E-state index contributed by atoms with van der Waals surface area (Å²) in [4.78, 5) is 25.0. The van der Waals surface area contributed by atoms with Gasteiger partial charge in [0, 0.05) is 0 Å². The second kappa shape index (κ2) is 9.31. The van der Waals surface area contributed by atoms with E-state index in [2.05, 4.69) is 31.4 Å². The van der Waals surface area contributed by atoms with Gasteiger partial charge in [0.05, 0.1) is 35.3 Å². The number of alkyl halides is 3. The first-order chi connectivity index (χ1) is 16.6. The molecule has 4 aliphatic rings. The molecule has 6 nitrogen and oxygen atoms in total. The summed E-state index contributed by atoms with van der Waals surface area (Å²) in [6.45, 7) is 10.1. The Kier molecular flexibility index (Phi) is 6.96. The SMILES string of the molecule is CC(C)C[C@H](NC(=O)CNC(=O)c1cc(C(F)(F)F)ccc1F)B1O[C@@H]2C[C@@H]3C[C@@H](C3(C)C)[C@]2(C)O1. The van der Waals surface area contributed by atoms with Gasteiger partial charge in [-0.1, -0.05) is 27.7 Å². The molecule has 5 atom stereocenters. The van der Waals surface area contributed by atoms with Gasteiger partial charge >= 0.3 is 13.3 Å². The number of carbonyl (C=O) groups excluding carboxylic acids is 2. The molecule has 2 amide bonds. The smallest absolute Gasteiger partial charge is 0.404 e. The van der Waals surface area contributed by atoms with Gasteiger partial charge in [0.25, 0.3) is 5.91 Å². The molecule has 2 N–H and O–H groups in total. The molecule has 1 saturated heterocycles. The molecule has 0 unspecified atom stereocenters. The van der Waals surface area contributed by atoms with Gasteiger partial charge in [0.15, 0.2) is 0 Å². The lowest BCUT2D eigenvalue weighted by atomic mass is 9.43. The maximum absolute atomic E-state index is 14.0. The van der Waals surface area contributed by atoms with Gasteiger partial charge in [-0.15, -0.1) is 0 Å². The summed E-state index contributed by atoms with van der Waals surface area (Å²) in [6, 6.07) is 1.57. The van der Waals surface area contributed by atoms with Gasteiger partial charge in [-0.05, 0) is 67.6 Å². The molecular weight excluding hydrogens is 479 g/mol. The molecule has 11 heteroatoms. The van der Waals surface area contributed by atoms with E-state index in [4.69, 9.17) is 9.31 Å². The molecule has 1 heterocycles. The molecule has 2 bridgehead atoms. The minimum Gasteiger partial charge on any atom is -0.404 e. The van der Waals surface area contributed by atoms with E-state index in [1.807, 2.05) is 13.8 Å². The van der Waals surface area contributed by atoms with Crippen LogP contribution in [0.4, 0.5) is 17.6 Å². The van der Waals surface area contributed by atoms with Crippen molar-refractivity contribution in [1.82, 2.24) is 10.6 Å². The van der Waals surface area contributed by atoms with Crippen LogP contribution in [0.1, 0.15) is 69.8 Å². The van der Waals surface area contributed by atoms with Crippen molar-refractivity contribution in [3.05, 3.63) is 35.1 Å². The molecule has 5 rings (SSSR count). The number of halogens is 4. The highest BCUT2D eigenvalue weighted by Gasteiger charge is 2.68. The summed E-state index contributed by atoms with van der Waals surface area (Å²) in [6.07, 6.45) is -2.23. The molecule has 1 aromatic rings. The zero-order valence-electron chi connectivity index (χ0n) is 21.2. The third-order valence-corrected chi connectivity index (χ3v) is 8.32. The molecule has 4 fully saturated rings. The van der Waals surface area contributed by atoms with Crippen molar-refractivity contribution in [1.29, 1.82) is 0 Å². The van der Waals surface area contributed by atoms with Crippen LogP contribution in [0.15, 0.2) is 18.2 Å². The van der Waals surface area contributed by atoms with E-state index in [9.17, 15) is 27.2 Å². The summed E-state index contributed by atoms with van der Waals surface area (Å²) in [5.74, 6) is -2.13. The molecule has 0 spiro atoms. The van der Waals surface area contributed by atoms with E-state index >= 15 is 0 Å². The lowest BCUT2D eigenvalue weighted by molar-refractivity contribution is -0.199. The standard InChI is InChI=1S/C25H33BF4N2O4/c1-13(2)8-20(26-35-19-11-15-10-18(23(15,3)4)24(19,5)36-26)32-21(33)12-31-22(34)16-9-14(25(28,29)30)6-7-17(16)27/h6-7,9,13,15,18-20H,8,10-12H2,1-5H3,(H,31,34)(H,32,33)/t15-,18-,19+,20-,24-/m0/s1. The Morgan fingerprint density at radius 3 is 2.50 bits per heavy atom. The van der Waals surface area contributed by atoms with E-state index in [1.165, 1.54) is 0 Å². The minimum absolute atomic E-state index is 0.0607. The second-order valence-electron chi connectivity index (χ2n) is 11.5. The fourth-order valence-corrected chi connectivity index (χ4v) is 6.21. The van der Waals surface area contributed by atoms with Crippen LogP contribution in [0.3, 0.4) is 0 Å². The highest BCUT2D eigenvalue weighted by molar-refractivity contribution is 6.47. The maximum atomic E-state index is 14.0. The average Bonchev–Trinajstić information content (AvgIpc) is 3.13. The van der Waals surface area contributed by atoms with Crippen LogP contribution in [-0.2, 0) is 20.3 Å². The van der Waals surface area contributed by atoms with Gasteiger partial charge in [-0.2, -0.15) is 13.2 Å². The van der Waals surface area contributed by atoms with Crippen LogP contribution in [0.25, 0.3) is 0 Å². The number of hydrogen-bond acceptors (Lipinski definition) is 4. The fraction of sp³-hybridized carbons (Fsp3) is 0.680. The van der Waals surface area contributed by atoms with Crippen LogP contribution < -0.4 is 10.6 Å². The van der Waals surface area contributed by atoms with Crippen molar-refractivity contribution in [3.63, 3.8) is 0 Å². The Morgan fingerprint density at radius 1 is 1.19 bits per heavy atom. The summed E-state index contributed by atoms with van der Waals surface area (Å²) in [7, 11) is -0.655. The van der Waals surface area contributed by atoms with Crippen molar-refractivity contribution in [2.24, 2.45) is 23.2 Å². The third-order valence-electron chi connectivity index (χ3n) is 8.32. The molecule has 36 heavy (non-hydrogen) atoms. The van der Waals surface area contributed by atoms with Gasteiger partial charge < -0.3 is 19.9 Å². The molecule has 0 aromatic heterocycles. The first-order valence-corrected chi connectivity index (χ1v) is 12.4.